The first kappa shape index (κ1) is 13.4. The third-order valence-electron chi connectivity index (χ3n) is 2.46. The molecule has 2 aromatic rings. The highest BCUT2D eigenvalue weighted by Gasteiger charge is 2.32. The largest absolute Gasteiger partial charge is 0.418 e. The molecule has 0 saturated heterocycles. The fraction of sp³-hybridized carbons (Fsp3) is 0.154. The SMILES string of the molecule is N#Cc1ccc(CNc2ccccc2C(F)(F)F)s1. The second kappa shape index (κ2) is 5.33. The van der Waals surface area contributed by atoms with Crippen molar-refractivity contribution in [2.45, 2.75) is 12.7 Å². The van der Waals surface area contributed by atoms with E-state index in [-0.39, 0.29) is 12.2 Å². The van der Waals surface area contributed by atoms with Gasteiger partial charge in [-0.1, -0.05) is 12.1 Å². The van der Waals surface area contributed by atoms with Crippen LogP contribution in [-0.4, -0.2) is 0 Å². The Morgan fingerprint density at radius 3 is 2.53 bits per heavy atom. The second-order valence-corrected chi connectivity index (χ2v) is 4.94. The highest BCUT2D eigenvalue weighted by molar-refractivity contribution is 7.12. The standard InChI is InChI=1S/C13H9F3N2S/c14-13(15,16)11-3-1-2-4-12(11)18-8-10-6-5-9(7-17)19-10/h1-6,18H,8H2. The number of nitrogens with one attached hydrogen (secondary N) is 1. The Bertz CT molecular complexity index is 611. The van der Waals surface area contributed by atoms with Gasteiger partial charge in [-0.05, 0) is 24.3 Å². The number of halogens is 3. The summed E-state index contributed by atoms with van der Waals surface area (Å²) in [6, 6.07) is 10.7. The maximum absolute atomic E-state index is 12.8. The number of thiophene rings is 1. The van der Waals surface area contributed by atoms with Crippen LogP contribution < -0.4 is 5.32 Å². The lowest BCUT2D eigenvalue weighted by atomic mass is 10.1. The van der Waals surface area contributed by atoms with Crippen LogP contribution in [0.3, 0.4) is 0 Å². The van der Waals surface area contributed by atoms with Crippen molar-refractivity contribution in [3.63, 3.8) is 0 Å². The average molecular weight is 282 g/mol. The Kier molecular flexibility index (Phi) is 3.76. The van der Waals surface area contributed by atoms with Gasteiger partial charge in [0.1, 0.15) is 10.9 Å². The number of para-hydroxylation sites is 1. The molecular formula is C13H9F3N2S. The minimum absolute atomic E-state index is 0.0434. The maximum Gasteiger partial charge on any atom is 0.418 e. The summed E-state index contributed by atoms with van der Waals surface area (Å²) in [5.74, 6) is 0. The van der Waals surface area contributed by atoms with Gasteiger partial charge in [0.2, 0.25) is 0 Å². The number of benzene rings is 1. The molecule has 1 heterocycles. The third kappa shape index (κ3) is 3.26. The summed E-state index contributed by atoms with van der Waals surface area (Å²) < 4.78 is 38.3. The molecule has 0 amide bonds. The van der Waals surface area contributed by atoms with E-state index in [1.807, 2.05) is 6.07 Å². The molecule has 0 aliphatic heterocycles. The van der Waals surface area contributed by atoms with Gasteiger partial charge < -0.3 is 5.32 Å². The monoisotopic (exact) mass is 282 g/mol. The average Bonchev–Trinajstić information content (AvgIpc) is 2.83. The van der Waals surface area contributed by atoms with Crippen LogP contribution in [0.15, 0.2) is 36.4 Å². The van der Waals surface area contributed by atoms with E-state index in [4.69, 9.17) is 5.26 Å². The van der Waals surface area contributed by atoms with Crippen molar-refractivity contribution < 1.29 is 13.2 Å². The maximum atomic E-state index is 12.8. The summed E-state index contributed by atoms with van der Waals surface area (Å²) in [5, 5.41) is 11.4. The summed E-state index contributed by atoms with van der Waals surface area (Å²) in [7, 11) is 0. The van der Waals surface area contributed by atoms with Crippen LogP contribution in [-0.2, 0) is 12.7 Å². The van der Waals surface area contributed by atoms with Crippen molar-refractivity contribution in [3.05, 3.63) is 51.7 Å². The Morgan fingerprint density at radius 2 is 1.89 bits per heavy atom. The quantitative estimate of drug-likeness (QED) is 0.913. The van der Waals surface area contributed by atoms with Crippen LogP contribution in [0.4, 0.5) is 18.9 Å². The van der Waals surface area contributed by atoms with E-state index in [0.717, 1.165) is 10.9 Å². The van der Waals surface area contributed by atoms with E-state index < -0.39 is 11.7 Å². The fourth-order valence-corrected chi connectivity index (χ4v) is 2.34. The molecule has 6 heteroatoms. The molecule has 1 aromatic heterocycles. The van der Waals surface area contributed by atoms with Crippen LogP contribution in [0.2, 0.25) is 0 Å². The molecule has 19 heavy (non-hydrogen) atoms. The molecule has 0 saturated carbocycles. The zero-order chi connectivity index (χ0) is 13.9. The van der Waals surface area contributed by atoms with Crippen LogP contribution in [0.5, 0.6) is 0 Å². The molecule has 2 rings (SSSR count). The molecule has 0 radical (unpaired) electrons. The molecular weight excluding hydrogens is 273 g/mol. The third-order valence-corrected chi connectivity index (χ3v) is 3.45. The topological polar surface area (TPSA) is 35.8 Å². The summed E-state index contributed by atoms with van der Waals surface area (Å²) in [6.07, 6.45) is -4.38. The lowest BCUT2D eigenvalue weighted by Crippen LogP contribution is -2.10. The molecule has 1 N–H and O–H groups in total. The van der Waals surface area contributed by atoms with Crippen molar-refractivity contribution in [1.29, 1.82) is 5.26 Å². The number of rotatable bonds is 3. The van der Waals surface area contributed by atoms with E-state index in [9.17, 15) is 13.2 Å². The van der Waals surface area contributed by atoms with Gasteiger partial charge >= 0.3 is 6.18 Å². The minimum atomic E-state index is -4.38. The van der Waals surface area contributed by atoms with Crippen LogP contribution in [0.1, 0.15) is 15.3 Å². The van der Waals surface area contributed by atoms with E-state index in [1.165, 1.54) is 23.5 Å². The van der Waals surface area contributed by atoms with Crippen molar-refractivity contribution in [2.24, 2.45) is 0 Å². The molecule has 0 unspecified atom stereocenters. The van der Waals surface area contributed by atoms with Gasteiger partial charge in [-0.2, -0.15) is 18.4 Å². The van der Waals surface area contributed by atoms with Crippen molar-refractivity contribution in [2.75, 3.05) is 5.32 Å². The normalized spacial score (nSPS) is 11.1. The number of anilines is 1. The van der Waals surface area contributed by atoms with Gasteiger partial charge in [0, 0.05) is 17.1 Å². The van der Waals surface area contributed by atoms with Crippen LogP contribution in [0, 0.1) is 11.3 Å². The Morgan fingerprint density at radius 1 is 1.16 bits per heavy atom. The Labute approximate surface area is 112 Å². The zero-order valence-electron chi connectivity index (χ0n) is 9.66. The Hall–Kier alpha value is -2.00. The molecule has 0 spiro atoms. The summed E-state index contributed by atoms with van der Waals surface area (Å²) in [4.78, 5) is 1.36. The number of hydrogen-bond acceptors (Lipinski definition) is 3. The number of nitrogens with zero attached hydrogens (tertiary/aromatic N) is 1. The van der Waals surface area contributed by atoms with Crippen molar-refractivity contribution in [1.82, 2.24) is 0 Å². The predicted octanol–water partition coefficient (Wildman–Crippen LogP) is 4.25. The smallest absolute Gasteiger partial charge is 0.380 e. The lowest BCUT2D eigenvalue weighted by Gasteiger charge is -2.13. The van der Waals surface area contributed by atoms with E-state index in [1.54, 1.807) is 18.2 Å². The number of hydrogen-bond donors (Lipinski definition) is 1. The highest BCUT2D eigenvalue weighted by Crippen LogP contribution is 2.34. The number of alkyl halides is 3. The fourth-order valence-electron chi connectivity index (χ4n) is 1.60. The van der Waals surface area contributed by atoms with Crippen LogP contribution >= 0.6 is 11.3 Å². The van der Waals surface area contributed by atoms with Gasteiger partial charge in [-0.25, -0.2) is 0 Å². The molecule has 0 atom stereocenters. The Balaban J connectivity index is 2.14. The van der Waals surface area contributed by atoms with Crippen molar-refractivity contribution in [3.8, 4) is 6.07 Å². The van der Waals surface area contributed by atoms with Crippen LogP contribution in [0.25, 0.3) is 0 Å². The highest BCUT2D eigenvalue weighted by atomic mass is 32.1. The molecule has 0 aliphatic rings. The molecule has 98 valence electrons. The lowest BCUT2D eigenvalue weighted by molar-refractivity contribution is -0.136. The molecule has 2 nitrogen and oxygen atoms in total. The van der Waals surface area contributed by atoms with Gasteiger partial charge in [0.15, 0.2) is 0 Å². The van der Waals surface area contributed by atoms with Gasteiger partial charge in [-0.3, -0.25) is 0 Å². The molecule has 0 aliphatic carbocycles. The summed E-state index contributed by atoms with van der Waals surface area (Å²) >= 11 is 1.26. The molecule has 0 fully saturated rings. The first-order chi connectivity index (χ1) is 9.00. The molecule has 1 aromatic carbocycles. The van der Waals surface area contributed by atoms with E-state index in [2.05, 4.69) is 5.32 Å². The number of nitriles is 1. The van der Waals surface area contributed by atoms with E-state index >= 15 is 0 Å². The first-order valence-corrected chi connectivity index (χ1v) is 6.21. The van der Waals surface area contributed by atoms with Gasteiger partial charge in [0.05, 0.1) is 5.56 Å². The van der Waals surface area contributed by atoms with E-state index in [0.29, 0.717) is 4.88 Å². The first-order valence-electron chi connectivity index (χ1n) is 5.39. The molecule has 0 bridgehead atoms. The zero-order valence-corrected chi connectivity index (χ0v) is 10.5. The second-order valence-electron chi connectivity index (χ2n) is 3.77. The predicted molar refractivity (Wildman–Crippen MR) is 67.8 cm³/mol. The van der Waals surface area contributed by atoms with Crippen molar-refractivity contribution >= 4 is 17.0 Å². The van der Waals surface area contributed by atoms with Gasteiger partial charge in [-0.15, -0.1) is 11.3 Å². The summed E-state index contributed by atoms with van der Waals surface area (Å²) in [5.41, 5.74) is -0.644. The summed E-state index contributed by atoms with van der Waals surface area (Å²) in [6.45, 7) is 0.263. The minimum Gasteiger partial charge on any atom is -0.380 e. The van der Waals surface area contributed by atoms with Gasteiger partial charge in [0.25, 0.3) is 0 Å².